The molecule has 0 spiro atoms. The van der Waals surface area contributed by atoms with Gasteiger partial charge >= 0.3 is 5.97 Å². The first kappa shape index (κ1) is 12.9. The van der Waals surface area contributed by atoms with Crippen molar-refractivity contribution >= 4 is 11.7 Å². The molecule has 1 aliphatic heterocycles. The average Bonchev–Trinajstić information content (AvgIpc) is 2.89. The summed E-state index contributed by atoms with van der Waals surface area (Å²) < 4.78 is 10.4. The summed E-state index contributed by atoms with van der Waals surface area (Å²) in [5.41, 5.74) is 2.07. The van der Waals surface area contributed by atoms with Crippen molar-refractivity contribution in [1.82, 2.24) is 0 Å². The van der Waals surface area contributed by atoms with Crippen LogP contribution in [0.4, 0.5) is 5.69 Å². The molecule has 1 saturated heterocycles. The quantitative estimate of drug-likeness (QED) is 0.830. The van der Waals surface area contributed by atoms with Gasteiger partial charge in [0.05, 0.1) is 13.2 Å². The van der Waals surface area contributed by atoms with Crippen LogP contribution in [0.5, 0.6) is 0 Å². The number of rotatable bonds is 4. The Labute approximate surface area is 107 Å². The van der Waals surface area contributed by atoms with Crippen LogP contribution in [0.15, 0.2) is 24.3 Å². The second kappa shape index (κ2) is 5.87. The molecule has 1 aliphatic rings. The van der Waals surface area contributed by atoms with E-state index < -0.39 is 6.04 Å². The Morgan fingerprint density at radius 3 is 3.00 bits per heavy atom. The average molecular weight is 249 g/mol. The molecule has 0 aromatic heterocycles. The Morgan fingerprint density at radius 1 is 1.56 bits per heavy atom. The predicted molar refractivity (Wildman–Crippen MR) is 69.6 cm³/mol. The maximum absolute atomic E-state index is 11.8. The first-order chi connectivity index (χ1) is 8.70. The molecule has 1 aromatic rings. The number of benzene rings is 1. The number of carbonyl (C=O) groups excluding carboxylic acids is 1. The number of esters is 1. The van der Waals surface area contributed by atoms with Gasteiger partial charge in [-0.05, 0) is 37.5 Å². The number of carbonyl (C=O) groups is 1. The number of hydrogen-bond acceptors (Lipinski definition) is 4. The maximum Gasteiger partial charge on any atom is 0.331 e. The lowest BCUT2D eigenvalue weighted by Gasteiger charge is -2.23. The van der Waals surface area contributed by atoms with Crippen LogP contribution in [-0.4, -0.2) is 31.8 Å². The highest BCUT2D eigenvalue weighted by Crippen LogP contribution is 2.20. The van der Waals surface area contributed by atoms with Gasteiger partial charge in [0.25, 0.3) is 0 Å². The maximum atomic E-state index is 11.8. The molecule has 0 amide bonds. The van der Waals surface area contributed by atoms with Crippen molar-refractivity contribution < 1.29 is 14.3 Å². The third kappa shape index (κ3) is 3.01. The zero-order valence-electron chi connectivity index (χ0n) is 10.8. The minimum absolute atomic E-state index is 0.0991. The molecule has 1 N–H and O–H groups in total. The largest absolute Gasteiger partial charge is 0.467 e. The smallest absolute Gasteiger partial charge is 0.331 e. The van der Waals surface area contributed by atoms with Crippen molar-refractivity contribution in [3.63, 3.8) is 0 Å². The van der Waals surface area contributed by atoms with Crippen LogP contribution < -0.4 is 5.32 Å². The molecular formula is C14H19NO3. The minimum atomic E-state index is -0.431. The molecule has 2 rings (SSSR count). The number of nitrogens with one attached hydrogen (secondary N) is 1. The predicted octanol–water partition coefficient (Wildman–Crippen LogP) is 2.13. The topological polar surface area (TPSA) is 47.6 Å². The molecule has 2 unspecified atom stereocenters. The lowest BCUT2D eigenvalue weighted by Crippen LogP contribution is -2.41. The number of ether oxygens (including phenoxy) is 2. The number of hydrogen-bond donors (Lipinski definition) is 1. The van der Waals surface area contributed by atoms with E-state index in [1.807, 2.05) is 31.2 Å². The fourth-order valence-electron chi connectivity index (χ4n) is 2.21. The van der Waals surface area contributed by atoms with Gasteiger partial charge in [0, 0.05) is 12.3 Å². The molecule has 1 aromatic carbocycles. The second-order valence-corrected chi connectivity index (χ2v) is 4.57. The molecule has 4 heteroatoms. The van der Waals surface area contributed by atoms with Gasteiger partial charge in [-0.1, -0.05) is 12.1 Å². The van der Waals surface area contributed by atoms with Gasteiger partial charge in [0.15, 0.2) is 6.04 Å². The molecule has 0 saturated carbocycles. The second-order valence-electron chi connectivity index (χ2n) is 4.57. The summed E-state index contributed by atoms with van der Waals surface area (Å²) in [5.74, 6) is -0.275. The van der Waals surface area contributed by atoms with E-state index in [0.29, 0.717) is 6.61 Å². The molecule has 18 heavy (non-hydrogen) atoms. The van der Waals surface area contributed by atoms with Crippen molar-refractivity contribution in [3.05, 3.63) is 29.8 Å². The molecule has 0 bridgehead atoms. The summed E-state index contributed by atoms with van der Waals surface area (Å²) in [6, 6.07) is 7.49. The Morgan fingerprint density at radius 2 is 2.39 bits per heavy atom. The zero-order valence-corrected chi connectivity index (χ0v) is 10.8. The van der Waals surface area contributed by atoms with Crippen LogP contribution >= 0.6 is 0 Å². The zero-order chi connectivity index (χ0) is 13.0. The summed E-state index contributed by atoms with van der Waals surface area (Å²) in [6.07, 6.45) is 1.78. The first-order valence-electron chi connectivity index (χ1n) is 6.23. The van der Waals surface area contributed by atoms with Gasteiger partial charge in [-0.3, -0.25) is 0 Å². The fourth-order valence-corrected chi connectivity index (χ4v) is 2.21. The summed E-state index contributed by atoms with van der Waals surface area (Å²) in [5, 5.41) is 3.21. The highest BCUT2D eigenvalue weighted by Gasteiger charge is 2.32. The number of aryl methyl sites for hydroxylation is 1. The van der Waals surface area contributed by atoms with E-state index >= 15 is 0 Å². The van der Waals surface area contributed by atoms with Crippen LogP contribution in [0.1, 0.15) is 18.4 Å². The van der Waals surface area contributed by atoms with Crippen molar-refractivity contribution in [1.29, 1.82) is 0 Å². The summed E-state index contributed by atoms with van der Waals surface area (Å²) >= 11 is 0. The standard InChI is InChI=1S/C14H19NO3/c1-10-5-3-6-11(9-10)15-13(14(16)17-2)12-7-4-8-18-12/h3,5-6,9,12-13,15H,4,7-8H2,1-2H3. The van der Waals surface area contributed by atoms with Crippen LogP contribution in [0.25, 0.3) is 0 Å². The number of methoxy groups -OCH3 is 1. The van der Waals surface area contributed by atoms with Crippen molar-refractivity contribution in [2.24, 2.45) is 0 Å². The molecule has 1 fully saturated rings. The van der Waals surface area contributed by atoms with E-state index in [1.54, 1.807) is 0 Å². The van der Waals surface area contributed by atoms with E-state index in [1.165, 1.54) is 7.11 Å². The van der Waals surface area contributed by atoms with E-state index in [0.717, 1.165) is 24.1 Å². The Bertz CT molecular complexity index is 413. The molecule has 2 atom stereocenters. The summed E-state index contributed by atoms with van der Waals surface area (Å²) in [7, 11) is 1.40. The molecule has 1 heterocycles. The highest BCUT2D eigenvalue weighted by molar-refractivity contribution is 5.80. The van der Waals surface area contributed by atoms with Gasteiger partial charge in [-0.15, -0.1) is 0 Å². The minimum Gasteiger partial charge on any atom is -0.467 e. The van der Waals surface area contributed by atoms with Gasteiger partial charge in [-0.25, -0.2) is 4.79 Å². The lowest BCUT2D eigenvalue weighted by molar-refractivity contribution is -0.144. The SMILES string of the molecule is COC(=O)C(Nc1cccc(C)c1)C1CCCO1. The van der Waals surface area contributed by atoms with E-state index in [4.69, 9.17) is 9.47 Å². The lowest BCUT2D eigenvalue weighted by atomic mass is 10.1. The van der Waals surface area contributed by atoms with Gasteiger partial charge in [0.1, 0.15) is 0 Å². The Kier molecular flexibility index (Phi) is 4.20. The van der Waals surface area contributed by atoms with E-state index in [9.17, 15) is 4.79 Å². The van der Waals surface area contributed by atoms with Crippen LogP contribution in [-0.2, 0) is 14.3 Å². The first-order valence-corrected chi connectivity index (χ1v) is 6.23. The normalized spacial score (nSPS) is 20.4. The van der Waals surface area contributed by atoms with Crippen LogP contribution in [0.2, 0.25) is 0 Å². The number of anilines is 1. The monoisotopic (exact) mass is 249 g/mol. The van der Waals surface area contributed by atoms with Crippen LogP contribution in [0, 0.1) is 6.92 Å². The molecular weight excluding hydrogens is 230 g/mol. The molecule has 0 aliphatic carbocycles. The van der Waals surface area contributed by atoms with Crippen molar-refractivity contribution in [3.8, 4) is 0 Å². The third-order valence-corrected chi connectivity index (χ3v) is 3.13. The highest BCUT2D eigenvalue weighted by atomic mass is 16.5. The van der Waals surface area contributed by atoms with Crippen molar-refractivity contribution in [2.75, 3.05) is 19.0 Å². The van der Waals surface area contributed by atoms with Gasteiger partial charge in [0.2, 0.25) is 0 Å². The van der Waals surface area contributed by atoms with E-state index in [2.05, 4.69) is 5.32 Å². The molecule has 4 nitrogen and oxygen atoms in total. The Hall–Kier alpha value is -1.55. The summed E-state index contributed by atoms with van der Waals surface area (Å²) in [4.78, 5) is 11.8. The summed E-state index contributed by atoms with van der Waals surface area (Å²) in [6.45, 7) is 2.73. The fraction of sp³-hybridized carbons (Fsp3) is 0.500. The van der Waals surface area contributed by atoms with Crippen molar-refractivity contribution in [2.45, 2.75) is 31.9 Å². The molecule has 0 radical (unpaired) electrons. The third-order valence-electron chi connectivity index (χ3n) is 3.13. The molecule has 98 valence electrons. The Balaban J connectivity index is 2.11. The van der Waals surface area contributed by atoms with Crippen LogP contribution in [0.3, 0.4) is 0 Å². The van der Waals surface area contributed by atoms with E-state index in [-0.39, 0.29) is 12.1 Å². The van der Waals surface area contributed by atoms with Gasteiger partial charge < -0.3 is 14.8 Å². The van der Waals surface area contributed by atoms with Gasteiger partial charge in [-0.2, -0.15) is 0 Å².